The van der Waals surface area contributed by atoms with Crippen LogP contribution in [0.3, 0.4) is 0 Å². The number of hydrogen-bond donors (Lipinski definition) is 0. The Morgan fingerprint density at radius 3 is 0.167 bits per heavy atom. The first-order chi connectivity index (χ1) is 0. The summed E-state index contributed by atoms with van der Waals surface area (Å²) in [5.74, 6) is 0. The summed E-state index contributed by atoms with van der Waals surface area (Å²) in [5.41, 5.74) is 0. The molecule has 0 aromatic rings. The average Bonchev–Trinajstić information content (AvgIpc) is 0. The fourth-order valence-electron chi connectivity index (χ4n) is 0. The predicted octanol–water partition coefficient (Wildman–Crippen LogP) is 1.33. The quantitative estimate of drug-likeness (QED) is 0.324. The summed E-state index contributed by atoms with van der Waals surface area (Å²) < 4.78 is 0. The third-order valence-corrected chi connectivity index (χ3v) is 0. The van der Waals surface area contributed by atoms with E-state index in [2.05, 4.69) is 0 Å². The van der Waals surface area contributed by atoms with Gasteiger partial charge in [-0.15, -0.1) is 0 Å². The van der Waals surface area contributed by atoms with E-state index in [1.54, 1.807) is 0 Å². The van der Waals surface area contributed by atoms with E-state index in [1.807, 2.05) is 0 Å². The van der Waals surface area contributed by atoms with Crippen LogP contribution < -0.4 is 0 Å². The minimum Gasteiger partial charge on any atom is -0.358 e. The van der Waals surface area contributed by atoms with E-state index in [1.165, 1.54) is 0 Å². The van der Waals surface area contributed by atoms with Crippen molar-refractivity contribution in [1.82, 2.24) is 0 Å². The van der Waals surface area contributed by atoms with Crippen LogP contribution >= 0.6 is 0 Å². The largest absolute Gasteiger partial charge is 0.358 e. The number of hydrogen-bond acceptors (Lipinski definition) is 0. The van der Waals surface area contributed by atoms with E-state index in [9.17, 15) is 0 Å². The molecule has 0 aromatic carbocycles. The van der Waals surface area contributed by atoms with Crippen molar-refractivity contribution in [1.29, 1.82) is 0 Å². The average molecular weight is 845 g/mol. The van der Waals surface area contributed by atoms with Gasteiger partial charge in [0.05, 0.1) is 0 Å². The second-order valence-electron chi connectivity index (χ2n) is 0. The molecule has 9 heteroatoms. The molecule has 0 atom stereocenters. The SMILES string of the molecule is [CH3-].[CH3-].[CH3-].[Y].[Y].[Y].[Y].[Y].[Y].[Y].[Y].[Y]. The summed E-state index contributed by atoms with van der Waals surface area (Å²) in [4.78, 5) is 0. The summed E-state index contributed by atoms with van der Waals surface area (Å²) in [6.45, 7) is 0. The Kier molecular flexibility index (Phi) is 684. The van der Waals surface area contributed by atoms with Gasteiger partial charge in [-0.3, -0.25) is 0 Å². The van der Waals surface area contributed by atoms with Crippen LogP contribution in [-0.4, -0.2) is 0 Å². The molecule has 0 unspecified atom stereocenters. The van der Waals surface area contributed by atoms with E-state index in [4.69, 9.17) is 0 Å². The van der Waals surface area contributed by atoms with E-state index in [-0.39, 0.29) is 317 Å². The molecule has 0 amide bonds. The molecular weight excluding hydrogens is 836 g/mol. The van der Waals surface area contributed by atoms with Crippen molar-refractivity contribution >= 4 is 0 Å². The zero-order valence-electron chi connectivity index (χ0n) is 8.20. The summed E-state index contributed by atoms with van der Waals surface area (Å²) in [6.07, 6.45) is 0. The standard InChI is InChI=1S/3CH3.9Y/h3*1H3;;;;;;;;;/q3*-1;;;;;;;;;. The first kappa shape index (κ1) is 97.4. The van der Waals surface area contributed by atoms with E-state index in [0.29, 0.717) is 0 Å². The molecule has 0 aliphatic heterocycles. The second kappa shape index (κ2) is 84.3. The van der Waals surface area contributed by atoms with Crippen LogP contribution in [-0.2, 0) is 294 Å². The zero-order valence-corrected chi connectivity index (χ0v) is 33.7. The zero-order chi connectivity index (χ0) is 0. The Morgan fingerprint density at radius 1 is 0.167 bits per heavy atom. The van der Waals surface area contributed by atoms with Gasteiger partial charge in [0.15, 0.2) is 0 Å². The first-order valence-corrected chi connectivity index (χ1v) is 0. The topological polar surface area (TPSA) is 0 Å². The molecule has 0 nitrogen and oxygen atoms in total. The van der Waals surface area contributed by atoms with E-state index >= 15 is 0 Å². The van der Waals surface area contributed by atoms with Crippen molar-refractivity contribution in [2.24, 2.45) is 0 Å². The molecule has 0 N–H and O–H groups in total. The fourth-order valence-corrected chi connectivity index (χ4v) is 0. The molecule has 0 bridgehead atoms. The third kappa shape index (κ3) is 72.4. The summed E-state index contributed by atoms with van der Waals surface area (Å²) in [6, 6.07) is 0. The molecule has 9 radical (unpaired) electrons. The summed E-state index contributed by atoms with van der Waals surface area (Å²) in [5, 5.41) is 0. The molecule has 0 rings (SSSR count). The molecule has 12 heavy (non-hydrogen) atoms. The second-order valence-corrected chi connectivity index (χ2v) is 0. The minimum atomic E-state index is 0. The monoisotopic (exact) mass is 845 g/mol. The van der Waals surface area contributed by atoms with Crippen LogP contribution in [0.4, 0.5) is 0 Å². The Labute approximate surface area is 306 Å². The molecule has 0 spiro atoms. The van der Waals surface area contributed by atoms with E-state index in [0.717, 1.165) is 0 Å². The first-order valence-electron chi connectivity index (χ1n) is 0. The maximum atomic E-state index is 0. The van der Waals surface area contributed by atoms with Gasteiger partial charge in [-0.1, -0.05) is 0 Å². The molecule has 0 aromatic heterocycles. The van der Waals surface area contributed by atoms with Crippen molar-refractivity contribution in [3.05, 3.63) is 22.3 Å². The predicted molar refractivity (Wildman–Crippen MR) is 19.2 cm³/mol. The van der Waals surface area contributed by atoms with Gasteiger partial charge in [0.1, 0.15) is 0 Å². The van der Waals surface area contributed by atoms with Gasteiger partial charge in [0, 0.05) is 294 Å². The number of rotatable bonds is 0. The maximum Gasteiger partial charge on any atom is 0 e. The van der Waals surface area contributed by atoms with Gasteiger partial charge in [0.25, 0.3) is 0 Å². The van der Waals surface area contributed by atoms with Gasteiger partial charge in [-0.25, -0.2) is 0 Å². The fraction of sp³-hybridized carbons (Fsp3) is 0. The molecule has 0 heterocycles. The summed E-state index contributed by atoms with van der Waals surface area (Å²) >= 11 is 0. The van der Waals surface area contributed by atoms with Crippen LogP contribution in [0, 0.1) is 22.3 Å². The Bertz CT molecular complexity index is 9.74. The van der Waals surface area contributed by atoms with Crippen molar-refractivity contribution < 1.29 is 294 Å². The third-order valence-electron chi connectivity index (χ3n) is 0. The van der Waals surface area contributed by atoms with Crippen LogP contribution in [0.25, 0.3) is 0 Å². The molecule has 0 fully saturated rings. The minimum absolute atomic E-state index is 0. The van der Waals surface area contributed by atoms with E-state index < -0.39 is 0 Å². The normalized spacial score (nSPS) is 0. The van der Waals surface area contributed by atoms with Gasteiger partial charge in [-0.05, 0) is 0 Å². The maximum absolute atomic E-state index is 0. The molecule has 0 saturated carbocycles. The Hall–Kier alpha value is 9.94. The van der Waals surface area contributed by atoms with Crippen LogP contribution in [0.2, 0.25) is 0 Å². The van der Waals surface area contributed by atoms with Crippen molar-refractivity contribution in [2.75, 3.05) is 0 Å². The van der Waals surface area contributed by atoms with Gasteiger partial charge >= 0.3 is 0 Å². The van der Waals surface area contributed by atoms with Gasteiger partial charge in [0.2, 0.25) is 0 Å². The molecule has 51 valence electrons. The van der Waals surface area contributed by atoms with Crippen molar-refractivity contribution in [3.8, 4) is 0 Å². The van der Waals surface area contributed by atoms with Crippen LogP contribution in [0.1, 0.15) is 0 Å². The molecular formula is C3H9Y9-3. The Morgan fingerprint density at radius 2 is 0.167 bits per heavy atom. The van der Waals surface area contributed by atoms with Gasteiger partial charge in [-0.2, -0.15) is 0 Å². The molecule has 0 aliphatic carbocycles. The smallest absolute Gasteiger partial charge is 0 e. The van der Waals surface area contributed by atoms with Crippen molar-refractivity contribution in [3.63, 3.8) is 0 Å². The molecule has 0 aliphatic rings. The van der Waals surface area contributed by atoms with Gasteiger partial charge < -0.3 is 22.3 Å². The molecule has 0 saturated heterocycles. The Balaban J connectivity index is 0. The summed E-state index contributed by atoms with van der Waals surface area (Å²) in [7, 11) is 0. The van der Waals surface area contributed by atoms with Crippen molar-refractivity contribution in [2.45, 2.75) is 0 Å². The van der Waals surface area contributed by atoms with Crippen LogP contribution in [0.5, 0.6) is 0 Å². The van der Waals surface area contributed by atoms with Crippen LogP contribution in [0.15, 0.2) is 0 Å².